The number of amides is 1. The Morgan fingerprint density at radius 1 is 1.09 bits per heavy atom. The van der Waals surface area contributed by atoms with Crippen LogP contribution in [0.5, 0.6) is 0 Å². The highest BCUT2D eigenvalue weighted by atomic mass is 35.5. The molecular formula is C17H15ClFNO2. The number of Topliss-reactive ketones (excluding diaryl/α,β-unsaturated/α-hetero) is 1. The Hall–Kier alpha value is -2.20. The number of aryl methyl sites for hydroxylation is 1. The predicted octanol–water partition coefficient (Wildman–Crippen LogP) is 4.39. The van der Waals surface area contributed by atoms with Gasteiger partial charge in [0.15, 0.2) is 5.78 Å². The maximum atomic E-state index is 13.5. The molecule has 5 heteroatoms. The lowest BCUT2D eigenvalue weighted by Crippen LogP contribution is -2.14. The highest BCUT2D eigenvalue weighted by Gasteiger charge is 2.11. The minimum absolute atomic E-state index is 0.00518. The van der Waals surface area contributed by atoms with E-state index in [-0.39, 0.29) is 29.3 Å². The molecule has 0 saturated carbocycles. The maximum absolute atomic E-state index is 13.5. The van der Waals surface area contributed by atoms with Crippen molar-refractivity contribution in [2.75, 3.05) is 5.32 Å². The van der Waals surface area contributed by atoms with E-state index >= 15 is 0 Å². The lowest BCUT2D eigenvalue weighted by molar-refractivity contribution is -0.116. The minimum Gasteiger partial charge on any atom is -0.324 e. The Morgan fingerprint density at radius 3 is 2.41 bits per heavy atom. The SMILES string of the molecule is Cc1ccc(C(=O)CCC(=O)Nc2ccc(Cl)cc2F)cc1. The van der Waals surface area contributed by atoms with E-state index in [1.807, 2.05) is 19.1 Å². The van der Waals surface area contributed by atoms with Crippen LogP contribution in [-0.2, 0) is 4.79 Å². The number of benzene rings is 2. The van der Waals surface area contributed by atoms with Crippen LogP contribution in [0.4, 0.5) is 10.1 Å². The molecular weight excluding hydrogens is 305 g/mol. The molecule has 0 aliphatic carbocycles. The van der Waals surface area contributed by atoms with Crippen molar-refractivity contribution in [3.63, 3.8) is 0 Å². The highest BCUT2D eigenvalue weighted by molar-refractivity contribution is 6.30. The average molecular weight is 320 g/mol. The van der Waals surface area contributed by atoms with Gasteiger partial charge in [-0.3, -0.25) is 9.59 Å². The third kappa shape index (κ3) is 4.40. The second-order valence-corrected chi connectivity index (χ2v) is 5.40. The molecule has 0 heterocycles. The number of carbonyl (C=O) groups is 2. The van der Waals surface area contributed by atoms with Crippen LogP contribution < -0.4 is 5.32 Å². The molecule has 1 amide bonds. The first-order chi connectivity index (χ1) is 10.5. The van der Waals surface area contributed by atoms with Crippen LogP contribution in [0.3, 0.4) is 0 Å². The van der Waals surface area contributed by atoms with Gasteiger partial charge < -0.3 is 5.32 Å². The monoisotopic (exact) mass is 319 g/mol. The molecule has 0 aromatic heterocycles. The molecule has 22 heavy (non-hydrogen) atoms. The van der Waals surface area contributed by atoms with E-state index in [0.717, 1.165) is 11.6 Å². The van der Waals surface area contributed by atoms with E-state index in [2.05, 4.69) is 5.32 Å². The summed E-state index contributed by atoms with van der Waals surface area (Å²) in [6.07, 6.45) is 0.0683. The molecule has 2 aromatic rings. The van der Waals surface area contributed by atoms with E-state index < -0.39 is 11.7 Å². The second-order valence-electron chi connectivity index (χ2n) is 4.96. The molecule has 2 rings (SSSR count). The van der Waals surface area contributed by atoms with Gasteiger partial charge >= 0.3 is 0 Å². The molecule has 0 fully saturated rings. The van der Waals surface area contributed by atoms with Gasteiger partial charge in [0.1, 0.15) is 5.82 Å². The van der Waals surface area contributed by atoms with E-state index in [1.165, 1.54) is 12.1 Å². The lowest BCUT2D eigenvalue weighted by Gasteiger charge is -2.06. The fourth-order valence-electron chi connectivity index (χ4n) is 1.91. The van der Waals surface area contributed by atoms with E-state index in [4.69, 9.17) is 11.6 Å². The summed E-state index contributed by atoms with van der Waals surface area (Å²) >= 11 is 5.64. The van der Waals surface area contributed by atoms with Crippen LogP contribution in [0.1, 0.15) is 28.8 Å². The summed E-state index contributed by atoms with van der Waals surface area (Å²) in [5.41, 5.74) is 1.68. The van der Waals surface area contributed by atoms with Gasteiger partial charge in [-0.1, -0.05) is 41.4 Å². The first-order valence-corrected chi connectivity index (χ1v) is 7.18. The normalized spacial score (nSPS) is 10.3. The number of rotatable bonds is 5. The van der Waals surface area contributed by atoms with Crippen LogP contribution in [0, 0.1) is 12.7 Å². The molecule has 3 nitrogen and oxygen atoms in total. The van der Waals surface area contributed by atoms with Crippen molar-refractivity contribution in [2.45, 2.75) is 19.8 Å². The van der Waals surface area contributed by atoms with Crippen LogP contribution >= 0.6 is 11.6 Å². The Morgan fingerprint density at radius 2 is 1.77 bits per heavy atom. The Kier molecular flexibility index (Phi) is 5.28. The summed E-state index contributed by atoms with van der Waals surface area (Å²) in [7, 11) is 0. The van der Waals surface area contributed by atoms with Crippen molar-refractivity contribution in [1.82, 2.24) is 0 Å². The number of hydrogen-bond acceptors (Lipinski definition) is 2. The van der Waals surface area contributed by atoms with E-state index in [9.17, 15) is 14.0 Å². The third-order valence-corrected chi connectivity index (χ3v) is 3.39. The second kappa shape index (κ2) is 7.18. The standard InChI is InChI=1S/C17H15ClFNO2/c1-11-2-4-12(5-3-11)16(21)8-9-17(22)20-15-7-6-13(18)10-14(15)19/h2-7,10H,8-9H2,1H3,(H,20,22). The van der Waals surface area contributed by atoms with E-state index in [1.54, 1.807) is 12.1 Å². The largest absolute Gasteiger partial charge is 0.324 e. The molecule has 114 valence electrons. The summed E-state index contributed by atoms with van der Waals surface area (Å²) < 4.78 is 13.5. The van der Waals surface area contributed by atoms with Gasteiger partial charge in [-0.2, -0.15) is 0 Å². The fourth-order valence-corrected chi connectivity index (χ4v) is 2.07. The van der Waals surface area contributed by atoms with Crippen molar-refractivity contribution in [3.8, 4) is 0 Å². The number of anilines is 1. The number of carbonyl (C=O) groups excluding carboxylic acids is 2. The number of hydrogen-bond donors (Lipinski definition) is 1. The highest BCUT2D eigenvalue weighted by Crippen LogP contribution is 2.19. The molecule has 0 aliphatic rings. The molecule has 0 saturated heterocycles. The Labute approximate surface area is 133 Å². The zero-order chi connectivity index (χ0) is 16.1. The van der Waals surface area contributed by atoms with Crippen molar-refractivity contribution < 1.29 is 14.0 Å². The van der Waals surface area contributed by atoms with Gasteiger partial charge in [0.05, 0.1) is 5.69 Å². The molecule has 0 aliphatic heterocycles. The predicted molar refractivity (Wildman–Crippen MR) is 84.8 cm³/mol. The lowest BCUT2D eigenvalue weighted by atomic mass is 10.0. The first kappa shape index (κ1) is 16.2. The molecule has 0 atom stereocenters. The fraction of sp³-hybridized carbons (Fsp3) is 0.176. The maximum Gasteiger partial charge on any atom is 0.224 e. The van der Waals surface area contributed by atoms with Crippen molar-refractivity contribution in [3.05, 3.63) is 64.4 Å². The van der Waals surface area contributed by atoms with Crippen molar-refractivity contribution >= 4 is 29.0 Å². The van der Waals surface area contributed by atoms with Gasteiger partial charge in [0.25, 0.3) is 0 Å². The minimum atomic E-state index is -0.606. The van der Waals surface area contributed by atoms with Crippen LogP contribution in [0.25, 0.3) is 0 Å². The third-order valence-electron chi connectivity index (χ3n) is 3.16. The molecule has 1 N–H and O–H groups in total. The first-order valence-electron chi connectivity index (χ1n) is 6.80. The van der Waals surface area contributed by atoms with Gasteiger partial charge in [-0.25, -0.2) is 4.39 Å². The number of halogens is 2. The summed E-state index contributed by atoms with van der Waals surface area (Å²) in [5.74, 6) is -1.14. The average Bonchev–Trinajstić information content (AvgIpc) is 2.48. The summed E-state index contributed by atoms with van der Waals surface area (Å²) in [6.45, 7) is 1.93. The smallest absolute Gasteiger partial charge is 0.224 e. The molecule has 0 spiro atoms. The molecule has 2 aromatic carbocycles. The summed E-state index contributed by atoms with van der Waals surface area (Å²) in [4.78, 5) is 23.7. The summed E-state index contributed by atoms with van der Waals surface area (Å²) in [5, 5.41) is 2.68. The quantitative estimate of drug-likeness (QED) is 0.831. The number of ketones is 1. The Balaban J connectivity index is 1.89. The van der Waals surface area contributed by atoms with Crippen LogP contribution in [-0.4, -0.2) is 11.7 Å². The number of nitrogens with one attached hydrogen (secondary N) is 1. The molecule has 0 unspecified atom stereocenters. The van der Waals surface area contributed by atoms with Gasteiger partial charge in [-0.05, 0) is 25.1 Å². The van der Waals surface area contributed by atoms with Crippen LogP contribution in [0.15, 0.2) is 42.5 Å². The van der Waals surface area contributed by atoms with E-state index in [0.29, 0.717) is 5.56 Å². The van der Waals surface area contributed by atoms with Crippen molar-refractivity contribution in [1.29, 1.82) is 0 Å². The zero-order valence-electron chi connectivity index (χ0n) is 12.0. The topological polar surface area (TPSA) is 46.2 Å². The van der Waals surface area contributed by atoms with Crippen molar-refractivity contribution in [2.24, 2.45) is 0 Å². The van der Waals surface area contributed by atoms with Gasteiger partial charge in [-0.15, -0.1) is 0 Å². The summed E-state index contributed by atoms with van der Waals surface area (Å²) in [6, 6.07) is 11.1. The van der Waals surface area contributed by atoms with Gasteiger partial charge in [0.2, 0.25) is 5.91 Å². The molecule has 0 radical (unpaired) electrons. The molecule has 0 bridgehead atoms. The Bertz CT molecular complexity index is 698. The van der Waals surface area contributed by atoms with Crippen LogP contribution in [0.2, 0.25) is 5.02 Å². The van der Waals surface area contributed by atoms with Gasteiger partial charge in [0, 0.05) is 23.4 Å². The zero-order valence-corrected chi connectivity index (χ0v) is 12.8.